The Labute approximate surface area is 61.6 Å². The molecule has 0 aromatic rings. The third-order valence-corrected chi connectivity index (χ3v) is 2.11. The highest BCUT2D eigenvalue weighted by atomic mass is 32.2. The molecule has 0 rings (SSSR count). The second-order valence-electron chi connectivity index (χ2n) is 1.33. The molecule has 0 aromatic carbocycles. The minimum atomic E-state index is -2.87. The van der Waals surface area contributed by atoms with E-state index in [-0.39, 0.29) is 5.75 Å². The standard InChI is InChI=1S/C4H7F3S2/c5-1-2-9-4(6,7)3-8/h8H,1-3H2. The Balaban J connectivity index is 3.33. The maximum atomic E-state index is 12.1. The molecule has 9 heavy (non-hydrogen) atoms. The van der Waals surface area contributed by atoms with E-state index in [1.54, 1.807) is 0 Å². The first-order valence-corrected chi connectivity index (χ1v) is 3.93. The van der Waals surface area contributed by atoms with Crippen LogP contribution < -0.4 is 0 Å². The maximum Gasteiger partial charge on any atom is 0.302 e. The number of thiol groups is 1. The van der Waals surface area contributed by atoms with Crippen molar-refractivity contribution < 1.29 is 13.2 Å². The van der Waals surface area contributed by atoms with E-state index < -0.39 is 17.7 Å². The summed E-state index contributed by atoms with van der Waals surface area (Å²) in [6.45, 7) is -0.714. The van der Waals surface area contributed by atoms with Gasteiger partial charge in [0.2, 0.25) is 0 Å². The fourth-order valence-corrected chi connectivity index (χ4v) is 0.974. The second-order valence-corrected chi connectivity index (χ2v) is 2.94. The van der Waals surface area contributed by atoms with E-state index in [2.05, 4.69) is 12.6 Å². The molecular weight excluding hydrogens is 169 g/mol. The molecule has 0 atom stereocenters. The van der Waals surface area contributed by atoms with E-state index in [1.807, 2.05) is 0 Å². The topological polar surface area (TPSA) is 0 Å². The number of thioether (sulfide) groups is 1. The van der Waals surface area contributed by atoms with E-state index in [1.165, 1.54) is 0 Å². The molecule has 0 spiro atoms. The van der Waals surface area contributed by atoms with Crippen molar-refractivity contribution in [2.45, 2.75) is 5.25 Å². The summed E-state index contributed by atoms with van der Waals surface area (Å²) >= 11 is 3.67. The minimum Gasteiger partial charge on any atom is -0.250 e. The van der Waals surface area contributed by atoms with Gasteiger partial charge in [0.05, 0.1) is 12.4 Å². The first-order valence-electron chi connectivity index (χ1n) is 2.31. The summed E-state index contributed by atoms with van der Waals surface area (Å²) < 4.78 is 35.4. The van der Waals surface area contributed by atoms with Gasteiger partial charge < -0.3 is 0 Å². The molecule has 0 radical (unpaired) electrons. The van der Waals surface area contributed by atoms with Crippen LogP contribution in [0.2, 0.25) is 0 Å². The van der Waals surface area contributed by atoms with E-state index in [9.17, 15) is 13.2 Å². The van der Waals surface area contributed by atoms with E-state index in [0.29, 0.717) is 11.8 Å². The lowest BCUT2D eigenvalue weighted by Crippen LogP contribution is -2.13. The summed E-state index contributed by atoms with van der Waals surface area (Å²) in [5, 5.41) is -2.87. The van der Waals surface area contributed by atoms with Gasteiger partial charge in [0.15, 0.2) is 0 Å². The third kappa shape index (κ3) is 4.96. The largest absolute Gasteiger partial charge is 0.302 e. The summed E-state index contributed by atoms with van der Waals surface area (Å²) in [5.41, 5.74) is 0. The number of halogens is 3. The van der Waals surface area contributed by atoms with Gasteiger partial charge in [-0.25, -0.2) is 0 Å². The summed E-state index contributed by atoms with van der Waals surface area (Å²) in [6, 6.07) is 0. The van der Waals surface area contributed by atoms with Crippen LogP contribution in [-0.4, -0.2) is 23.4 Å². The van der Waals surface area contributed by atoms with Gasteiger partial charge in [0, 0.05) is 5.75 Å². The molecule has 0 aliphatic carbocycles. The van der Waals surface area contributed by atoms with Crippen LogP contribution in [0.1, 0.15) is 0 Å². The van der Waals surface area contributed by atoms with Crippen molar-refractivity contribution in [3.05, 3.63) is 0 Å². The maximum absolute atomic E-state index is 12.1. The zero-order chi connectivity index (χ0) is 7.33. The van der Waals surface area contributed by atoms with Gasteiger partial charge in [0.1, 0.15) is 0 Å². The fraction of sp³-hybridized carbons (Fsp3) is 1.00. The molecule has 0 heterocycles. The van der Waals surface area contributed by atoms with Gasteiger partial charge >= 0.3 is 5.25 Å². The molecule has 0 aromatic heterocycles. The normalized spacial score (nSPS) is 12.0. The predicted octanol–water partition coefficient (Wildman–Crippen LogP) is 2.21. The highest BCUT2D eigenvalue weighted by Gasteiger charge is 2.26. The summed E-state index contributed by atoms with van der Waals surface area (Å²) in [6.07, 6.45) is 0. The molecule has 0 saturated heterocycles. The zero-order valence-corrected chi connectivity index (χ0v) is 6.32. The highest BCUT2D eigenvalue weighted by molar-refractivity contribution is 8.01. The van der Waals surface area contributed by atoms with E-state index in [0.717, 1.165) is 0 Å². The van der Waals surface area contributed by atoms with Crippen LogP contribution in [0.15, 0.2) is 0 Å². The Morgan fingerprint density at radius 2 is 2.00 bits per heavy atom. The van der Waals surface area contributed by atoms with Crippen LogP contribution in [0.3, 0.4) is 0 Å². The molecule has 0 aliphatic heterocycles. The number of rotatable bonds is 4. The van der Waals surface area contributed by atoms with Gasteiger partial charge in [-0.15, -0.1) is 0 Å². The Hall–Kier alpha value is 0.490. The van der Waals surface area contributed by atoms with Crippen molar-refractivity contribution in [2.75, 3.05) is 18.2 Å². The number of alkyl halides is 3. The Morgan fingerprint density at radius 3 is 2.33 bits per heavy atom. The Bertz CT molecular complexity index is 76.2. The predicted molar refractivity (Wildman–Crippen MR) is 37.2 cm³/mol. The first kappa shape index (κ1) is 9.49. The van der Waals surface area contributed by atoms with Crippen molar-refractivity contribution >= 4 is 24.4 Å². The molecule has 0 bridgehead atoms. The lowest BCUT2D eigenvalue weighted by atomic mass is 10.8. The van der Waals surface area contributed by atoms with Gasteiger partial charge in [-0.3, -0.25) is 4.39 Å². The van der Waals surface area contributed by atoms with Gasteiger partial charge in [-0.1, -0.05) is 11.8 Å². The zero-order valence-electron chi connectivity index (χ0n) is 4.61. The van der Waals surface area contributed by atoms with Crippen LogP contribution in [0.25, 0.3) is 0 Å². The van der Waals surface area contributed by atoms with Gasteiger partial charge in [0.25, 0.3) is 0 Å². The molecule has 0 amide bonds. The smallest absolute Gasteiger partial charge is 0.250 e. The van der Waals surface area contributed by atoms with Crippen molar-refractivity contribution in [3.8, 4) is 0 Å². The van der Waals surface area contributed by atoms with Crippen LogP contribution in [0.5, 0.6) is 0 Å². The summed E-state index contributed by atoms with van der Waals surface area (Å²) in [7, 11) is 0. The molecule has 0 aliphatic rings. The van der Waals surface area contributed by atoms with Gasteiger partial charge in [-0.05, 0) is 0 Å². The van der Waals surface area contributed by atoms with Crippen LogP contribution in [0, 0.1) is 0 Å². The van der Waals surface area contributed by atoms with Crippen molar-refractivity contribution in [1.82, 2.24) is 0 Å². The lowest BCUT2D eigenvalue weighted by molar-refractivity contribution is 0.134. The molecule has 0 unspecified atom stereocenters. The van der Waals surface area contributed by atoms with Crippen LogP contribution >= 0.6 is 24.4 Å². The monoisotopic (exact) mass is 176 g/mol. The minimum absolute atomic E-state index is 0.159. The molecule has 5 heteroatoms. The quantitative estimate of drug-likeness (QED) is 0.641. The van der Waals surface area contributed by atoms with Crippen molar-refractivity contribution in [1.29, 1.82) is 0 Å². The summed E-state index contributed by atoms with van der Waals surface area (Å²) in [4.78, 5) is 0. The van der Waals surface area contributed by atoms with Crippen molar-refractivity contribution in [3.63, 3.8) is 0 Å². The van der Waals surface area contributed by atoms with Crippen LogP contribution in [0.4, 0.5) is 13.2 Å². The molecular formula is C4H7F3S2. The molecule has 0 fully saturated rings. The fourth-order valence-electron chi connectivity index (χ4n) is 0.234. The average Bonchev–Trinajstić information content (AvgIpc) is 1.84. The average molecular weight is 176 g/mol. The summed E-state index contributed by atoms with van der Waals surface area (Å²) in [5.74, 6) is -0.689. The third-order valence-electron chi connectivity index (χ3n) is 0.574. The lowest BCUT2D eigenvalue weighted by Gasteiger charge is -2.10. The molecule has 0 N–H and O–H groups in total. The highest BCUT2D eigenvalue weighted by Crippen LogP contribution is 2.29. The Kier molecular flexibility index (Phi) is 4.56. The second kappa shape index (κ2) is 4.33. The van der Waals surface area contributed by atoms with E-state index >= 15 is 0 Å². The first-order chi connectivity index (χ1) is 4.12. The SMILES string of the molecule is FCCSC(F)(F)CS. The number of hydrogen-bond acceptors (Lipinski definition) is 2. The van der Waals surface area contributed by atoms with Gasteiger partial charge in [-0.2, -0.15) is 21.4 Å². The van der Waals surface area contributed by atoms with Crippen molar-refractivity contribution in [2.24, 2.45) is 0 Å². The Morgan fingerprint density at radius 1 is 1.44 bits per heavy atom. The molecule has 0 saturated carbocycles. The van der Waals surface area contributed by atoms with Crippen LogP contribution in [-0.2, 0) is 0 Å². The van der Waals surface area contributed by atoms with E-state index in [4.69, 9.17) is 0 Å². The number of hydrogen-bond donors (Lipinski definition) is 1. The molecule has 56 valence electrons. The molecule has 0 nitrogen and oxygen atoms in total.